The fourth-order valence-corrected chi connectivity index (χ4v) is 2.65. The Morgan fingerprint density at radius 2 is 2.19 bits per heavy atom. The van der Waals surface area contributed by atoms with Gasteiger partial charge in [0, 0.05) is 25.2 Å². The average molecular weight is 294 g/mol. The summed E-state index contributed by atoms with van der Waals surface area (Å²) in [6.07, 6.45) is 4.59. The Kier molecular flexibility index (Phi) is 4.67. The summed E-state index contributed by atoms with van der Waals surface area (Å²) in [6.45, 7) is 0.0842. The van der Waals surface area contributed by atoms with Crippen molar-refractivity contribution in [3.8, 4) is 11.5 Å². The largest absolute Gasteiger partial charge is 0.493 e. The fraction of sp³-hybridized carbons (Fsp3) is 0.600. The molecule has 0 amide bonds. The molecule has 6 nitrogen and oxygen atoms in total. The van der Waals surface area contributed by atoms with Crippen molar-refractivity contribution in [3.63, 3.8) is 0 Å². The van der Waals surface area contributed by atoms with E-state index in [4.69, 9.17) is 15.2 Å². The van der Waals surface area contributed by atoms with Gasteiger partial charge in [0.05, 0.1) is 25.3 Å². The number of ether oxygens (including phenoxy) is 2. The number of nitrogens with zero attached hydrogens (tertiary/aromatic N) is 1. The smallest absolute Gasteiger partial charge is 0.311 e. The Bertz CT molecular complexity index is 516. The molecule has 1 aliphatic carbocycles. The molecule has 0 radical (unpaired) electrons. The number of aliphatic carboxylic acids is 1. The van der Waals surface area contributed by atoms with Crippen molar-refractivity contribution in [1.29, 1.82) is 0 Å². The van der Waals surface area contributed by atoms with Crippen molar-refractivity contribution in [2.45, 2.75) is 25.7 Å². The van der Waals surface area contributed by atoms with Crippen molar-refractivity contribution in [2.75, 3.05) is 20.8 Å². The normalized spacial score (nSPS) is 17.1. The third kappa shape index (κ3) is 3.26. The molecule has 3 N–H and O–H groups in total. The van der Waals surface area contributed by atoms with Crippen LogP contribution in [0.3, 0.4) is 0 Å². The van der Waals surface area contributed by atoms with Crippen LogP contribution in [0.1, 0.15) is 25.0 Å². The molecule has 0 saturated heterocycles. The van der Waals surface area contributed by atoms with Gasteiger partial charge in [-0.15, -0.1) is 0 Å². The van der Waals surface area contributed by atoms with E-state index in [-0.39, 0.29) is 13.0 Å². The summed E-state index contributed by atoms with van der Waals surface area (Å²) in [6, 6.07) is 1.69. The predicted molar refractivity (Wildman–Crippen MR) is 77.5 cm³/mol. The first-order valence-corrected chi connectivity index (χ1v) is 7.05. The van der Waals surface area contributed by atoms with E-state index in [1.807, 2.05) is 0 Å². The van der Waals surface area contributed by atoms with E-state index in [0.29, 0.717) is 29.5 Å². The Morgan fingerprint density at radius 3 is 2.67 bits per heavy atom. The highest BCUT2D eigenvalue weighted by Crippen LogP contribution is 2.43. The van der Waals surface area contributed by atoms with Gasteiger partial charge in [-0.25, -0.2) is 0 Å². The number of carboxylic acids is 1. The molecule has 1 fully saturated rings. The summed E-state index contributed by atoms with van der Waals surface area (Å²) in [5.41, 5.74) is 5.40. The zero-order valence-electron chi connectivity index (χ0n) is 12.5. The molecule has 0 spiro atoms. The maximum absolute atomic E-state index is 11.8. The number of aromatic nitrogens is 1. The number of methoxy groups -OCH3 is 2. The monoisotopic (exact) mass is 294 g/mol. The van der Waals surface area contributed by atoms with E-state index in [0.717, 1.165) is 12.8 Å². The van der Waals surface area contributed by atoms with E-state index in [1.165, 1.54) is 7.11 Å². The van der Waals surface area contributed by atoms with Crippen LogP contribution in [-0.2, 0) is 11.2 Å². The molecular formula is C15H22N2O4. The Hall–Kier alpha value is -1.82. The molecule has 1 aromatic rings. The van der Waals surface area contributed by atoms with Crippen molar-refractivity contribution in [2.24, 2.45) is 17.1 Å². The molecule has 6 heteroatoms. The third-order valence-corrected chi connectivity index (χ3v) is 4.09. The molecule has 116 valence electrons. The summed E-state index contributed by atoms with van der Waals surface area (Å²) < 4.78 is 10.6. The van der Waals surface area contributed by atoms with Crippen molar-refractivity contribution >= 4 is 5.97 Å². The second kappa shape index (κ2) is 6.30. The Balaban J connectivity index is 2.33. The molecule has 1 saturated carbocycles. The standard InChI is InChI=1S/C15H22N2O4/c1-20-12-5-6-17-11(13(12)21-2)8-15(9-16,14(18)19)7-10-3-4-10/h5-6,10H,3-4,7-9,16H2,1-2H3,(H,18,19). The number of nitrogens with two attached hydrogens (primary N) is 1. The van der Waals surface area contributed by atoms with E-state index < -0.39 is 11.4 Å². The van der Waals surface area contributed by atoms with Crippen LogP contribution in [0.4, 0.5) is 0 Å². The maximum Gasteiger partial charge on any atom is 0.311 e. The Morgan fingerprint density at radius 1 is 1.48 bits per heavy atom. The number of carbonyl (C=O) groups is 1. The van der Waals surface area contributed by atoms with Crippen LogP contribution in [0.25, 0.3) is 0 Å². The molecule has 0 aliphatic heterocycles. The first-order chi connectivity index (χ1) is 10.1. The van der Waals surface area contributed by atoms with Crippen LogP contribution in [0.5, 0.6) is 11.5 Å². The maximum atomic E-state index is 11.8. The summed E-state index contributed by atoms with van der Waals surface area (Å²) in [7, 11) is 3.06. The second-order valence-electron chi connectivity index (χ2n) is 5.61. The van der Waals surface area contributed by atoms with Crippen LogP contribution < -0.4 is 15.2 Å². The molecule has 2 rings (SSSR count). The van der Waals surface area contributed by atoms with Gasteiger partial charge >= 0.3 is 5.97 Å². The minimum absolute atomic E-state index is 0.0842. The predicted octanol–water partition coefficient (Wildman–Crippen LogP) is 1.47. The summed E-state index contributed by atoms with van der Waals surface area (Å²) in [5, 5.41) is 9.67. The van der Waals surface area contributed by atoms with Gasteiger partial charge < -0.3 is 20.3 Å². The lowest BCUT2D eigenvalue weighted by Gasteiger charge is -2.28. The zero-order chi connectivity index (χ0) is 15.5. The van der Waals surface area contributed by atoms with E-state index in [2.05, 4.69) is 4.98 Å². The molecule has 0 bridgehead atoms. The van der Waals surface area contributed by atoms with Crippen LogP contribution >= 0.6 is 0 Å². The number of pyridine rings is 1. The van der Waals surface area contributed by atoms with Gasteiger partial charge in [0.1, 0.15) is 0 Å². The summed E-state index contributed by atoms with van der Waals surface area (Å²) >= 11 is 0. The highest BCUT2D eigenvalue weighted by molar-refractivity contribution is 5.75. The van der Waals surface area contributed by atoms with E-state index in [9.17, 15) is 9.90 Å². The van der Waals surface area contributed by atoms with Gasteiger partial charge in [0.25, 0.3) is 0 Å². The molecule has 21 heavy (non-hydrogen) atoms. The third-order valence-electron chi connectivity index (χ3n) is 4.09. The molecule has 1 atom stereocenters. The summed E-state index contributed by atoms with van der Waals surface area (Å²) in [4.78, 5) is 16.1. The van der Waals surface area contributed by atoms with Crippen LogP contribution in [0.2, 0.25) is 0 Å². The Labute approximate surface area is 124 Å². The number of rotatable bonds is 8. The quantitative estimate of drug-likeness (QED) is 0.754. The molecular weight excluding hydrogens is 272 g/mol. The van der Waals surface area contributed by atoms with Gasteiger partial charge in [-0.2, -0.15) is 0 Å². The highest BCUT2D eigenvalue weighted by atomic mass is 16.5. The van der Waals surface area contributed by atoms with Crippen molar-refractivity contribution in [3.05, 3.63) is 18.0 Å². The van der Waals surface area contributed by atoms with Gasteiger partial charge in [-0.1, -0.05) is 12.8 Å². The van der Waals surface area contributed by atoms with Crippen molar-refractivity contribution in [1.82, 2.24) is 4.98 Å². The molecule has 1 heterocycles. The van der Waals surface area contributed by atoms with Gasteiger partial charge in [0.15, 0.2) is 11.5 Å². The number of hydrogen-bond acceptors (Lipinski definition) is 5. The van der Waals surface area contributed by atoms with Crippen LogP contribution in [0.15, 0.2) is 12.3 Å². The SMILES string of the molecule is COc1ccnc(CC(CN)(CC2CC2)C(=O)O)c1OC. The fourth-order valence-electron chi connectivity index (χ4n) is 2.65. The number of carboxylic acid groups (broad SMARTS) is 1. The van der Waals surface area contributed by atoms with Crippen LogP contribution in [0, 0.1) is 11.3 Å². The second-order valence-corrected chi connectivity index (χ2v) is 5.61. The zero-order valence-corrected chi connectivity index (χ0v) is 12.5. The van der Waals surface area contributed by atoms with Crippen molar-refractivity contribution < 1.29 is 19.4 Å². The van der Waals surface area contributed by atoms with Gasteiger partial charge in [-0.05, 0) is 12.3 Å². The van der Waals surface area contributed by atoms with E-state index in [1.54, 1.807) is 19.4 Å². The lowest BCUT2D eigenvalue weighted by molar-refractivity contribution is -0.149. The molecule has 1 aliphatic rings. The molecule has 1 aromatic heterocycles. The minimum Gasteiger partial charge on any atom is -0.493 e. The first kappa shape index (κ1) is 15.6. The first-order valence-electron chi connectivity index (χ1n) is 7.05. The van der Waals surface area contributed by atoms with E-state index >= 15 is 0 Å². The van der Waals surface area contributed by atoms with Crippen LogP contribution in [-0.4, -0.2) is 36.8 Å². The highest BCUT2D eigenvalue weighted by Gasteiger charge is 2.43. The minimum atomic E-state index is -0.992. The molecule has 0 aromatic carbocycles. The molecule has 1 unspecified atom stereocenters. The summed E-state index contributed by atoms with van der Waals surface area (Å²) in [5.74, 6) is 0.616. The lowest BCUT2D eigenvalue weighted by atomic mass is 9.78. The number of hydrogen-bond donors (Lipinski definition) is 2. The van der Waals surface area contributed by atoms with Gasteiger partial charge in [-0.3, -0.25) is 9.78 Å². The topological polar surface area (TPSA) is 94.7 Å². The van der Waals surface area contributed by atoms with Gasteiger partial charge in [0.2, 0.25) is 0 Å². The lowest BCUT2D eigenvalue weighted by Crippen LogP contribution is -2.41. The average Bonchev–Trinajstić information content (AvgIpc) is 3.29.